The van der Waals surface area contributed by atoms with Crippen molar-refractivity contribution in [2.75, 3.05) is 6.54 Å². The van der Waals surface area contributed by atoms with E-state index in [0.717, 1.165) is 12.2 Å². The van der Waals surface area contributed by atoms with Crippen molar-refractivity contribution >= 4 is 5.91 Å². The van der Waals surface area contributed by atoms with Crippen molar-refractivity contribution in [3.05, 3.63) is 67.0 Å². The number of aromatic nitrogens is 4. The molecular formula is C15H15N5O. The van der Waals surface area contributed by atoms with E-state index >= 15 is 0 Å². The normalized spacial score (nSPS) is 10.5. The average molecular weight is 281 g/mol. The molecule has 1 amide bonds. The lowest BCUT2D eigenvalue weighted by atomic mass is 10.3. The Morgan fingerprint density at radius 3 is 2.76 bits per heavy atom. The molecule has 0 spiro atoms. The van der Waals surface area contributed by atoms with Gasteiger partial charge in [-0.05, 0) is 30.3 Å². The van der Waals surface area contributed by atoms with Crippen molar-refractivity contribution in [1.82, 2.24) is 24.6 Å². The molecule has 21 heavy (non-hydrogen) atoms. The van der Waals surface area contributed by atoms with Crippen LogP contribution in [0.5, 0.6) is 0 Å². The average Bonchev–Trinajstić information content (AvgIpc) is 3.21. The number of hydrogen-bond donors (Lipinski definition) is 1. The molecule has 0 atom stereocenters. The molecule has 1 N–H and O–H groups in total. The molecule has 106 valence electrons. The van der Waals surface area contributed by atoms with E-state index in [1.807, 2.05) is 47.4 Å². The summed E-state index contributed by atoms with van der Waals surface area (Å²) in [6, 6.07) is 9.27. The van der Waals surface area contributed by atoms with Crippen LogP contribution in [0.1, 0.15) is 10.5 Å². The Bertz CT molecular complexity index is 704. The lowest BCUT2D eigenvalue weighted by molar-refractivity contribution is 0.0947. The van der Waals surface area contributed by atoms with E-state index in [1.54, 1.807) is 23.1 Å². The summed E-state index contributed by atoms with van der Waals surface area (Å²) >= 11 is 0. The van der Waals surface area contributed by atoms with E-state index in [4.69, 9.17) is 0 Å². The molecule has 3 heterocycles. The smallest absolute Gasteiger partial charge is 0.270 e. The molecule has 6 nitrogen and oxygen atoms in total. The van der Waals surface area contributed by atoms with Gasteiger partial charge in [-0.2, -0.15) is 5.10 Å². The molecule has 0 aliphatic rings. The molecule has 0 radical (unpaired) electrons. The SMILES string of the molecule is O=C(NCCn1cccc1)c1cc(-n2cccn2)ccn1. The Morgan fingerprint density at radius 2 is 2.00 bits per heavy atom. The molecule has 0 unspecified atom stereocenters. The van der Waals surface area contributed by atoms with Gasteiger partial charge in [-0.25, -0.2) is 4.68 Å². The monoisotopic (exact) mass is 281 g/mol. The maximum Gasteiger partial charge on any atom is 0.270 e. The molecule has 0 aliphatic heterocycles. The Morgan fingerprint density at radius 1 is 1.14 bits per heavy atom. The Labute approximate surface area is 122 Å². The number of carbonyl (C=O) groups excluding carboxylic acids is 1. The van der Waals surface area contributed by atoms with Gasteiger partial charge in [0.2, 0.25) is 0 Å². The predicted octanol–water partition coefficient (Wildman–Crippen LogP) is 1.50. The summed E-state index contributed by atoms with van der Waals surface area (Å²) in [7, 11) is 0. The van der Waals surface area contributed by atoms with Crippen molar-refractivity contribution < 1.29 is 4.79 Å². The maximum absolute atomic E-state index is 12.1. The predicted molar refractivity (Wildman–Crippen MR) is 78.1 cm³/mol. The zero-order valence-electron chi connectivity index (χ0n) is 11.4. The quantitative estimate of drug-likeness (QED) is 0.770. The molecule has 0 saturated carbocycles. The highest BCUT2D eigenvalue weighted by molar-refractivity contribution is 5.92. The Kier molecular flexibility index (Phi) is 3.77. The zero-order chi connectivity index (χ0) is 14.5. The third-order valence-electron chi connectivity index (χ3n) is 3.07. The van der Waals surface area contributed by atoms with Crippen LogP contribution in [0.4, 0.5) is 0 Å². The standard InChI is InChI=1S/C15H15N5O/c21-15(17-7-11-19-8-1-2-9-19)14-12-13(4-6-16-14)20-10-3-5-18-20/h1-6,8-10,12H,7,11H2,(H,17,21). The minimum atomic E-state index is -0.184. The molecule has 6 heteroatoms. The van der Waals surface area contributed by atoms with Crippen molar-refractivity contribution in [3.63, 3.8) is 0 Å². The van der Waals surface area contributed by atoms with E-state index in [-0.39, 0.29) is 5.91 Å². The summed E-state index contributed by atoms with van der Waals surface area (Å²) in [4.78, 5) is 16.2. The summed E-state index contributed by atoms with van der Waals surface area (Å²) in [6.07, 6.45) is 9.05. The fourth-order valence-electron chi connectivity index (χ4n) is 2.02. The van der Waals surface area contributed by atoms with Crippen LogP contribution in [0.2, 0.25) is 0 Å². The van der Waals surface area contributed by atoms with Gasteiger partial charge in [-0.15, -0.1) is 0 Å². The van der Waals surface area contributed by atoms with Crippen LogP contribution in [0.15, 0.2) is 61.3 Å². The Balaban J connectivity index is 1.63. The van der Waals surface area contributed by atoms with Gasteiger partial charge in [0.1, 0.15) is 5.69 Å². The van der Waals surface area contributed by atoms with E-state index < -0.39 is 0 Å². The maximum atomic E-state index is 12.1. The third kappa shape index (κ3) is 3.17. The van der Waals surface area contributed by atoms with Gasteiger partial charge in [0, 0.05) is 44.1 Å². The van der Waals surface area contributed by atoms with E-state index in [1.165, 1.54) is 0 Å². The fraction of sp³-hybridized carbons (Fsp3) is 0.133. The first kappa shape index (κ1) is 13.1. The number of hydrogen-bond acceptors (Lipinski definition) is 3. The molecular weight excluding hydrogens is 266 g/mol. The van der Waals surface area contributed by atoms with Crippen LogP contribution in [0, 0.1) is 0 Å². The van der Waals surface area contributed by atoms with Crippen LogP contribution in [0.25, 0.3) is 5.69 Å². The second-order valence-corrected chi connectivity index (χ2v) is 4.53. The minimum absolute atomic E-state index is 0.184. The molecule has 3 aromatic heterocycles. The van der Waals surface area contributed by atoms with Crippen molar-refractivity contribution in [2.24, 2.45) is 0 Å². The van der Waals surface area contributed by atoms with E-state index in [9.17, 15) is 4.79 Å². The number of carbonyl (C=O) groups is 1. The topological polar surface area (TPSA) is 64.7 Å². The molecule has 0 saturated heterocycles. The van der Waals surface area contributed by atoms with Gasteiger partial charge in [-0.1, -0.05) is 0 Å². The summed E-state index contributed by atoms with van der Waals surface area (Å²) in [5, 5.41) is 6.99. The van der Waals surface area contributed by atoms with E-state index in [2.05, 4.69) is 15.4 Å². The van der Waals surface area contributed by atoms with Crippen molar-refractivity contribution in [1.29, 1.82) is 0 Å². The van der Waals surface area contributed by atoms with Gasteiger partial charge in [0.15, 0.2) is 0 Å². The lowest BCUT2D eigenvalue weighted by Gasteiger charge is -2.07. The molecule has 0 aliphatic carbocycles. The highest BCUT2D eigenvalue weighted by Crippen LogP contribution is 2.06. The first-order valence-corrected chi connectivity index (χ1v) is 6.68. The minimum Gasteiger partial charge on any atom is -0.353 e. The number of nitrogens with zero attached hydrogens (tertiary/aromatic N) is 4. The Hall–Kier alpha value is -2.89. The highest BCUT2D eigenvalue weighted by Gasteiger charge is 2.08. The van der Waals surface area contributed by atoms with Gasteiger partial charge in [-0.3, -0.25) is 9.78 Å². The van der Waals surface area contributed by atoms with Gasteiger partial charge in [0.05, 0.1) is 5.69 Å². The van der Waals surface area contributed by atoms with Crippen molar-refractivity contribution in [2.45, 2.75) is 6.54 Å². The van der Waals surface area contributed by atoms with E-state index in [0.29, 0.717) is 12.2 Å². The lowest BCUT2D eigenvalue weighted by Crippen LogP contribution is -2.27. The summed E-state index contributed by atoms with van der Waals surface area (Å²) < 4.78 is 3.70. The number of nitrogens with one attached hydrogen (secondary N) is 1. The second kappa shape index (κ2) is 6.04. The zero-order valence-corrected chi connectivity index (χ0v) is 11.4. The third-order valence-corrected chi connectivity index (χ3v) is 3.07. The molecule has 0 aromatic carbocycles. The molecule has 0 bridgehead atoms. The molecule has 0 fully saturated rings. The number of rotatable bonds is 5. The second-order valence-electron chi connectivity index (χ2n) is 4.53. The van der Waals surface area contributed by atoms with Crippen LogP contribution in [-0.2, 0) is 6.54 Å². The van der Waals surface area contributed by atoms with Crippen molar-refractivity contribution in [3.8, 4) is 5.69 Å². The van der Waals surface area contributed by atoms with Gasteiger partial charge in [0.25, 0.3) is 5.91 Å². The number of pyridine rings is 1. The van der Waals surface area contributed by atoms with Crippen LogP contribution >= 0.6 is 0 Å². The first-order valence-electron chi connectivity index (χ1n) is 6.68. The highest BCUT2D eigenvalue weighted by atomic mass is 16.1. The first-order chi connectivity index (χ1) is 10.3. The molecule has 3 rings (SSSR count). The van der Waals surface area contributed by atoms with Crippen LogP contribution in [-0.4, -0.2) is 31.8 Å². The van der Waals surface area contributed by atoms with Gasteiger partial charge >= 0.3 is 0 Å². The fourth-order valence-corrected chi connectivity index (χ4v) is 2.02. The largest absolute Gasteiger partial charge is 0.353 e. The number of amides is 1. The summed E-state index contributed by atoms with van der Waals surface area (Å²) in [5.41, 5.74) is 1.20. The van der Waals surface area contributed by atoms with Gasteiger partial charge < -0.3 is 9.88 Å². The summed E-state index contributed by atoms with van der Waals surface area (Å²) in [6.45, 7) is 1.29. The van der Waals surface area contributed by atoms with Crippen LogP contribution < -0.4 is 5.32 Å². The summed E-state index contributed by atoms with van der Waals surface area (Å²) in [5.74, 6) is -0.184. The molecule has 3 aromatic rings. The van der Waals surface area contributed by atoms with Crippen LogP contribution in [0.3, 0.4) is 0 Å².